The first kappa shape index (κ1) is 14.6. The van der Waals surface area contributed by atoms with Crippen LogP contribution in [0.15, 0.2) is 30.5 Å². The van der Waals surface area contributed by atoms with Gasteiger partial charge in [-0.3, -0.25) is 16.3 Å². The maximum atomic E-state index is 13.2. The standard InChI is InChI=1S/C15H17F2N3/c1-9-5-10(2)15(19-8-9)14(20-18)7-11-3-4-12(16)13(17)6-11/h3-6,8,14,20H,7,18H2,1-2H3. The van der Waals surface area contributed by atoms with Crippen LogP contribution in [0.3, 0.4) is 0 Å². The molecular weight excluding hydrogens is 260 g/mol. The minimum absolute atomic E-state index is 0.250. The first-order valence-corrected chi connectivity index (χ1v) is 6.34. The molecule has 1 aromatic heterocycles. The zero-order valence-electron chi connectivity index (χ0n) is 11.5. The Hall–Kier alpha value is -1.85. The Labute approximate surface area is 116 Å². The lowest BCUT2D eigenvalue weighted by Crippen LogP contribution is -2.31. The molecule has 1 heterocycles. The van der Waals surface area contributed by atoms with E-state index in [0.29, 0.717) is 12.0 Å². The van der Waals surface area contributed by atoms with Crippen LogP contribution in [0.25, 0.3) is 0 Å². The minimum Gasteiger partial charge on any atom is -0.271 e. The Morgan fingerprint density at radius 3 is 2.55 bits per heavy atom. The van der Waals surface area contributed by atoms with E-state index in [4.69, 9.17) is 5.84 Å². The second kappa shape index (κ2) is 6.07. The molecule has 0 saturated heterocycles. The molecule has 1 unspecified atom stereocenters. The van der Waals surface area contributed by atoms with Gasteiger partial charge in [-0.1, -0.05) is 12.1 Å². The highest BCUT2D eigenvalue weighted by Gasteiger charge is 2.15. The fraction of sp³-hybridized carbons (Fsp3) is 0.267. The molecule has 20 heavy (non-hydrogen) atoms. The summed E-state index contributed by atoms with van der Waals surface area (Å²) < 4.78 is 26.1. The number of benzene rings is 1. The smallest absolute Gasteiger partial charge is 0.159 e. The molecule has 0 spiro atoms. The van der Waals surface area contributed by atoms with Gasteiger partial charge in [-0.15, -0.1) is 0 Å². The van der Waals surface area contributed by atoms with E-state index in [1.165, 1.54) is 6.07 Å². The molecule has 0 aliphatic rings. The van der Waals surface area contributed by atoms with Gasteiger partial charge in [0.1, 0.15) is 0 Å². The van der Waals surface area contributed by atoms with E-state index in [-0.39, 0.29) is 6.04 Å². The van der Waals surface area contributed by atoms with E-state index in [1.54, 1.807) is 12.3 Å². The Balaban J connectivity index is 2.26. The summed E-state index contributed by atoms with van der Waals surface area (Å²) >= 11 is 0. The summed E-state index contributed by atoms with van der Waals surface area (Å²) in [6.07, 6.45) is 2.20. The molecule has 2 rings (SSSR count). The molecule has 3 N–H and O–H groups in total. The van der Waals surface area contributed by atoms with Crippen molar-refractivity contribution in [3.63, 3.8) is 0 Å². The average molecular weight is 277 g/mol. The van der Waals surface area contributed by atoms with Gasteiger partial charge in [0.05, 0.1) is 11.7 Å². The van der Waals surface area contributed by atoms with Gasteiger partial charge in [0.2, 0.25) is 0 Å². The van der Waals surface area contributed by atoms with Gasteiger partial charge in [0.25, 0.3) is 0 Å². The third-order valence-electron chi connectivity index (χ3n) is 3.21. The van der Waals surface area contributed by atoms with Crippen LogP contribution in [-0.2, 0) is 6.42 Å². The largest absolute Gasteiger partial charge is 0.271 e. The highest BCUT2D eigenvalue weighted by molar-refractivity contribution is 5.28. The SMILES string of the molecule is Cc1cnc(C(Cc2ccc(F)c(F)c2)NN)c(C)c1. The topological polar surface area (TPSA) is 50.9 Å². The number of rotatable bonds is 4. The number of hydrogen-bond donors (Lipinski definition) is 2. The molecule has 0 bridgehead atoms. The van der Waals surface area contributed by atoms with Crippen molar-refractivity contribution in [2.45, 2.75) is 26.3 Å². The predicted octanol–water partition coefficient (Wildman–Crippen LogP) is 2.72. The van der Waals surface area contributed by atoms with Crippen LogP contribution in [-0.4, -0.2) is 4.98 Å². The van der Waals surface area contributed by atoms with Crippen molar-refractivity contribution in [3.8, 4) is 0 Å². The number of aryl methyl sites for hydroxylation is 2. The lowest BCUT2D eigenvalue weighted by Gasteiger charge is -2.18. The van der Waals surface area contributed by atoms with Crippen LogP contribution >= 0.6 is 0 Å². The predicted molar refractivity (Wildman–Crippen MR) is 73.8 cm³/mol. The van der Waals surface area contributed by atoms with Crippen molar-refractivity contribution in [1.82, 2.24) is 10.4 Å². The first-order valence-electron chi connectivity index (χ1n) is 6.34. The fourth-order valence-corrected chi connectivity index (χ4v) is 2.23. The number of nitrogens with zero attached hydrogens (tertiary/aromatic N) is 1. The zero-order valence-corrected chi connectivity index (χ0v) is 11.5. The molecule has 3 nitrogen and oxygen atoms in total. The number of pyridine rings is 1. The average Bonchev–Trinajstić information content (AvgIpc) is 2.41. The van der Waals surface area contributed by atoms with Crippen molar-refractivity contribution in [1.29, 1.82) is 0 Å². The summed E-state index contributed by atoms with van der Waals surface area (Å²) in [5.41, 5.74) is 6.23. The second-order valence-electron chi connectivity index (χ2n) is 4.89. The van der Waals surface area contributed by atoms with E-state index in [0.717, 1.165) is 22.9 Å². The summed E-state index contributed by atoms with van der Waals surface area (Å²) in [7, 11) is 0. The van der Waals surface area contributed by atoms with Crippen LogP contribution in [0.2, 0.25) is 0 Å². The van der Waals surface area contributed by atoms with Crippen LogP contribution in [0.1, 0.15) is 28.4 Å². The Morgan fingerprint density at radius 1 is 1.20 bits per heavy atom. The number of halogens is 2. The number of nitrogens with one attached hydrogen (secondary N) is 1. The highest BCUT2D eigenvalue weighted by atomic mass is 19.2. The Kier molecular flexibility index (Phi) is 4.42. The second-order valence-corrected chi connectivity index (χ2v) is 4.89. The van der Waals surface area contributed by atoms with E-state index in [1.807, 2.05) is 19.9 Å². The maximum Gasteiger partial charge on any atom is 0.159 e. The van der Waals surface area contributed by atoms with Crippen molar-refractivity contribution < 1.29 is 8.78 Å². The van der Waals surface area contributed by atoms with Crippen LogP contribution in [0.4, 0.5) is 8.78 Å². The van der Waals surface area contributed by atoms with E-state index < -0.39 is 11.6 Å². The van der Waals surface area contributed by atoms with Crippen molar-refractivity contribution in [3.05, 3.63) is 64.5 Å². The highest BCUT2D eigenvalue weighted by Crippen LogP contribution is 2.21. The molecule has 0 fully saturated rings. The third kappa shape index (κ3) is 3.18. The van der Waals surface area contributed by atoms with E-state index >= 15 is 0 Å². The van der Waals surface area contributed by atoms with Crippen LogP contribution in [0.5, 0.6) is 0 Å². The molecule has 0 radical (unpaired) electrons. The maximum absolute atomic E-state index is 13.2. The summed E-state index contributed by atoms with van der Waals surface area (Å²) in [5.74, 6) is 3.86. The summed E-state index contributed by atoms with van der Waals surface area (Å²) in [4.78, 5) is 4.37. The number of aromatic nitrogens is 1. The molecule has 2 aromatic rings. The summed E-state index contributed by atoms with van der Waals surface area (Å²) in [6.45, 7) is 3.91. The summed E-state index contributed by atoms with van der Waals surface area (Å²) in [6, 6.07) is 5.61. The van der Waals surface area contributed by atoms with Gasteiger partial charge >= 0.3 is 0 Å². The first-order chi connectivity index (χ1) is 9.51. The Bertz CT molecular complexity index is 614. The van der Waals surface area contributed by atoms with Gasteiger partial charge < -0.3 is 0 Å². The molecule has 106 valence electrons. The lowest BCUT2D eigenvalue weighted by molar-refractivity contribution is 0.500. The fourth-order valence-electron chi connectivity index (χ4n) is 2.23. The van der Waals surface area contributed by atoms with Crippen LogP contribution < -0.4 is 11.3 Å². The summed E-state index contributed by atoms with van der Waals surface area (Å²) in [5, 5.41) is 0. The molecular formula is C15H17F2N3. The molecule has 0 amide bonds. The minimum atomic E-state index is -0.855. The number of hydrazine groups is 1. The molecule has 1 atom stereocenters. The molecule has 0 aliphatic carbocycles. The lowest BCUT2D eigenvalue weighted by atomic mass is 9.99. The zero-order chi connectivity index (χ0) is 14.7. The van der Waals surface area contributed by atoms with Crippen molar-refractivity contribution in [2.24, 2.45) is 5.84 Å². The molecule has 0 saturated carbocycles. The van der Waals surface area contributed by atoms with Crippen molar-refractivity contribution >= 4 is 0 Å². The van der Waals surface area contributed by atoms with E-state index in [9.17, 15) is 8.78 Å². The van der Waals surface area contributed by atoms with Gasteiger partial charge in [-0.2, -0.15) is 0 Å². The molecule has 0 aliphatic heterocycles. The van der Waals surface area contributed by atoms with Crippen molar-refractivity contribution in [2.75, 3.05) is 0 Å². The van der Waals surface area contributed by atoms with Gasteiger partial charge in [-0.05, 0) is 49.1 Å². The molecule has 1 aromatic carbocycles. The van der Waals surface area contributed by atoms with Gasteiger partial charge in [0, 0.05) is 6.20 Å². The Morgan fingerprint density at radius 2 is 1.95 bits per heavy atom. The monoisotopic (exact) mass is 277 g/mol. The normalized spacial score (nSPS) is 12.4. The quantitative estimate of drug-likeness (QED) is 0.667. The van der Waals surface area contributed by atoms with Crippen LogP contribution in [0, 0.1) is 25.5 Å². The molecule has 5 heteroatoms. The van der Waals surface area contributed by atoms with E-state index in [2.05, 4.69) is 10.4 Å². The number of nitrogens with two attached hydrogens (primary N) is 1. The third-order valence-corrected chi connectivity index (χ3v) is 3.21. The number of hydrogen-bond acceptors (Lipinski definition) is 3. The van der Waals surface area contributed by atoms with Gasteiger partial charge in [-0.25, -0.2) is 8.78 Å². The van der Waals surface area contributed by atoms with Gasteiger partial charge in [0.15, 0.2) is 11.6 Å².